The van der Waals surface area contributed by atoms with Gasteiger partial charge in [-0.3, -0.25) is 19.3 Å². The number of halogens is 2. The van der Waals surface area contributed by atoms with Crippen molar-refractivity contribution in [1.29, 1.82) is 0 Å². The van der Waals surface area contributed by atoms with Gasteiger partial charge in [0.15, 0.2) is 5.82 Å². The fourth-order valence-electron chi connectivity index (χ4n) is 3.53. The molecule has 0 aliphatic carbocycles. The number of rotatable bonds is 6. The van der Waals surface area contributed by atoms with Crippen molar-refractivity contribution in [3.63, 3.8) is 0 Å². The summed E-state index contributed by atoms with van der Waals surface area (Å²) in [6.45, 7) is 6.65. The monoisotopic (exact) mass is 510 g/mol. The van der Waals surface area contributed by atoms with Crippen LogP contribution in [0.5, 0.6) is 5.75 Å². The summed E-state index contributed by atoms with van der Waals surface area (Å²) in [7, 11) is 0. The van der Waals surface area contributed by atoms with Crippen LogP contribution < -0.4 is 16.0 Å². The highest BCUT2D eigenvalue weighted by molar-refractivity contribution is 6.31. The Hall–Kier alpha value is -3.89. The van der Waals surface area contributed by atoms with Gasteiger partial charge in [0.25, 0.3) is 5.56 Å². The van der Waals surface area contributed by atoms with Crippen molar-refractivity contribution in [2.24, 2.45) is 0 Å². The molecule has 4 aromatic heterocycles. The van der Waals surface area contributed by atoms with Gasteiger partial charge < -0.3 is 15.6 Å². The van der Waals surface area contributed by atoms with Crippen LogP contribution in [-0.2, 0) is 12.2 Å². The smallest absolute Gasteiger partial charge is 0.277 e. The summed E-state index contributed by atoms with van der Waals surface area (Å²) >= 11 is 6.40. The van der Waals surface area contributed by atoms with Crippen molar-refractivity contribution >= 4 is 17.3 Å². The van der Waals surface area contributed by atoms with Crippen molar-refractivity contribution in [3.8, 4) is 22.8 Å². The van der Waals surface area contributed by atoms with E-state index in [9.17, 15) is 14.3 Å². The van der Waals surface area contributed by atoms with E-state index in [0.717, 1.165) is 17.8 Å². The van der Waals surface area contributed by atoms with E-state index in [1.54, 1.807) is 51.4 Å². The summed E-state index contributed by atoms with van der Waals surface area (Å²) in [5, 5.41) is 10.1. The molecule has 0 unspecified atom stereocenters. The van der Waals surface area contributed by atoms with Crippen LogP contribution >= 0.6 is 11.6 Å². The molecule has 0 saturated carbocycles. The van der Waals surface area contributed by atoms with E-state index in [1.807, 2.05) is 6.92 Å². The molecular formula is C25H24ClFN6O3. The maximum absolute atomic E-state index is 13.3. The van der Waals surface area contributed by atoms with Crippen LogP contribution in [0.4, 0.5) is 10.1 Å². The van der Waals surface area contributed by atoms with Gasteiger partial charge in [-0.15, -0.1) is 0 Å². The number of ether oxygens (including phenoxy) is 1. The predicted octanol–water partition coefficient (Wildman–Crippen LogP) is 3.88. The first-order chi connectivity index (χ1) is 17.0. The molecule has 0 aromatic carbocycles. The molecule has 186 valence electrons. The molecule has 0 aliphatic heterocycles. The third-order valence-corrected chi connectivity index (χ3v) is 5.76. The van der Waals surface area contributed by atoms with Crippen LogP contribution in [-0.4, -0.2) is 29.6 Å². The molecule has 11 heteroatoms. The van der Waals surface area contributed by atoms with E-state index in [2.05, 4.69) is 19.9 Å². The zero-order chi connectivity index (χ0) is 26.2. The molecule has 4 rings (SSSR count). The van der Waals surface area contributed by atoms with E-state index in [4.69, 9.17) is 22.1 Å². The van der Waals surface area contributed by atoms with Gasteiger partial charge >= 0.3 is 0 Å². The molecule has 0 bridgehead atoms. The lowest BCUT2D eigenvalue weighted by Crippen LogP contribution is -2.23. The number of nitrogens with zero attached hydrogens (tertiary/aromatic N) is 5. The molecule has 3 N–H and O–H groups in total. The Balaban J connectivity index is 1.72. The highest BCUT2D eigenvalue weighted by Gasteiger charge is 2.21. The molecule has 0 amide bonds. The van der Waals surface area contributed by atoms with Crippen LogP contribution in [0, 0.1) is 19.7 Å². The first-order valence-corrected chi connectivity index (χ1v) is 11.3. The normalized spacial score (nSPS) is 11.5. The number of pyridine rings is 3. The van der Waals surface area contributed by atoms with Crippen molar-refractivity contribution in [2.75, 3.05) is 5.73 Å². The number of hydrogen-bond donors (Lipinski definition) is 2. The van der Waals surface area contributed by atoms with Gasteiger partial charge in [-0.2, -0.15) is 0 Å². The Bertz CT molecular complexity index is 1520. The molecule has 36 heavy (non-hydrogen) atoms. The lowest BCUT2D eigenvalue weighted by molar-refractivity contribution is 0.0688. The van der Waals surface area contributed by atoms with Crippen LogP contribution in [0.2, 0.25) is 5.02 Å². The Kier molecular flexibility index (Phi) is 6.75. The molecule has 0 radical (unpaired) electrons. The summed E-state index contributed by atoms with van der Waals surface area (Å²) in [5.74, 6) is -0.158. The standard InChI is InChI=1S/C25H24ClFN6O3/c1-13-10-30-18(17-5-6-29-24(32-17)25(3,4)35)9-20(13)33-14(2)7-21(22(26)23(33)34)36-12-19-16(28)8-15(27)11-31-19/h5-11,35H,12,28H2,1-4H3. The molecule has 4 heterocycles. The van der Waals surface area contributed by atoms with Crippen LogP contribution in [0.15, 0.2) is 47.7 Å². The quantitative estimate of drug-likeness (QED) is 0.400. The second kappa shape index (κ2) is 9.63. The zero-order valence-corrected chi connectivity index (χ0v) is 20.8. The van der Waals surface area contributed by atoms with Gasteiger partial charge in [-0.05, 0) is 45.4 Å². The highest BCUT2D eigenvalue weighted by Crippen LogP contribution is 2.28. The number of aromatic nitrogens is 5. The molecule has 0 spiro atoms. The average Bonchev–Trinajstić information content (AvgIpc) is 2.82. The number of anilines is 1. The number of nitrogen functional groups attached to an aromatic ring is 1. The van der Waals surface area contributed by atoms with Crippen LogP contribution in [0.3, 0.4) is 0 Å². The number of hydrogen-bond acceptors (Lipinski definition) is 8. The van der Waals surface area contributed by atoms with Gasteiger partial charge in [0.1, 0.15) is 34.5 Å². The number of nitrogens with two attached hydrogens (primary N) is 1. The third-order valence-electron chi connectivity index (χ3n) is 5.42. The van der Waals surface area contributed by atoms with Crippen molar-refractivity contribution in [1.82, 2.24) is 24.5 Å². The first kappa shape index (κ1) is 25.2. The molecule has 9 nitrogen and oxygen atoms in total. The van der Waals surface area contributed by atoms with E-state index in [1.165, 1.54) is 4.57 Å². The van der Waals surface area contributed by atoms with Crippen molar-refractivity contribution < 1.29 is 14.2 Å². The van der Waals surface area contributed by atoms with Gasteiger partial charge in [-0.1, -0.05) is 11.6 Å². The zero-order valence-electron chi connectivity index (χ0n) is 20.1. The van der Waals surface area contributed by atoms with Gasteiger partial charge in [0, 0.05) is 30.2 Å². The Labute approximate surface area is 211 Å². The molecule has 0 atom stereocenters. The Morgan fingerprint density at radius 1 is 1.14 bits per heavy atom. The Morgan fingerprint density at radius 2 is 1.89 bits per heavy atom. The van der Waals surface area contributed by atoms with Gasteiger partial charge in [0.2, 0.25) is 0 Å². The summed E-state index contributed by atoms with van der Waals surface area (Å²) in [4.78, 5) is 30.2. The minimum Gasteiger partial charge on any atom is -0.485 e. The average molecular weight is 511 g/mol. The maximum Gasteiger partial charge on any atom is 0.277 e. The summed E-state index contributed by atoms with van der Waals surface area (Å²) in [5.41, 5.74) is 7.34. The fourth-order valence-corrected chi connectivity index (χ4v) is 3.72. The lowest BCUT2D eigenvalue weighted by atomic mass is 10.1. The molecular weight excluding hydrogens is 487 g/mol. The van der Waals surface area contributed by atoms with Gasteiger partial charge in [0.05, 0.1) is 29.0 Å². The van der Waals surface area contributed by atoms with E-state index < -0.39 is 17.0 Å². The largest absolute Gasteiger partial charge is 0.485 e. The van der Waals surface area contributed by atoms with Crippen molar-refractivity contribution in [2.45, 2.75) is 39.9 Å². The lowest BCUT2D eigenvalue weighted by Gasteiger charge is -2.18. The maximum atomic E-state index is 13.3. The number of aryl methyl sites for hydroxylation is 2. The summed E-state index contributed by atoms with van der Waals surface area (Å²) < 4.78 is 20.4. The second-order valence-corrected chi connectivity index (χ2v) is 9.14. The van der Waals surface area contributed by atoms with E-state index in [-0.39, 0.29) is 28.9 Å². The minimum absolute atomic E-state index is 0.0928. The van der Waals surface area contributed by atoms with E-state index in [0.29, 0.717) is 28.5 Å². The minimum atomic E-state index is -1.23. The fraction of sp³-hybridized carbons (Fsp3) is 0.240. The highest BCUT2D eigenvalue weighted by atomic mass is 35.5. The summed E-state index contributed by atoms with van der Waals surface area (Å²) in [6, 6.07) is 6.16. The van der Waals surface area contributed by atoms with Crippen molar-refractivity contribution in [3.05, 3.63) is 86.8 Å². The van der Waals surface area contributed by atoms with Crippen LogP contribution in [0.1, 0.15) is 36.6 Å². The molecule has 0 fully saturated rings. The predicted molar refractivity (Wildman–Crippen MR) is 134 cm³/mol. The SMILES string of the molecule is Cc1cnc(-c2ccnc(C(C)(C)O)n2)cc1-n1c(C)cc(OCc2ncc(F)cc2N)c(Cl)c1=O. The summed E-state index contributed by atoms with van der Waals surface area (Å²) in [6.07, 6.45) is 4.20. The van der Waals surface area contributed by atoms with E-state index >= 15 is 0 Å². The first-order valence-electron chi connectivity index (χ1n) is 10.9. The number of aliphatic hydroxyl groups is 1. The third kappa shape index (κ3) is 5.05. The molecule has 0 aliphatic rings. The van der Waals surface area contributed by atoms with Crippen LogP contribution in [0.25, 0.3) is 17.1 Å². The molecule has 0 saturated heterocycles. The molecule has 4 aromatic rings. The second-order valence-electron chi connectivity index (χ2n) is 8.76. The topological polar surface area (TPSA) is 129 Å². The Morgan fingerprint density at radius 3 is 2.58 bits per heavy atom. The van der Waals surface area contributed by atoms with Gasteiger partial charge in [-0.25, -0.2) is 14.4 Å².